The summed E-state index contributed by atoms with van der Waals surface area (Å²) in [7, 11) is 0. The van der Waals surface area contributed by atoms with E-state index in [1.807, 2.05) is 0 Å². The highest BCUT2D eigenvalue weighted by atomic mass is 16.1. The van der Waals surface area contributed by atoms with Crippen molar-refractivity contribution in [2.24, 2.45) is 23.7 Å². The molecule has 0 aromatic rings. The summed E-state index contributed by atoms with van der Waals surface area (Å²) in [6.07, 6.45) is 4.59. The molecule has 0 amide bonds. The van der Waals surface area contributed by atoms with E-state index in [1.165, 1.54) is 12.8 Å². The van der Waals surface area contributed by atoms with E-state index in [1.54, 1.807) is 0 Å². The van der Waals surface area contributed by atoms with Gasteiger partial charge in [0.1, 0.15) is 5.78 Å². The van der Waals surface area contributed by atoms with Crippen molar-refractivity contribution in [2.75, 3.05) is 0 Å². The van der Waals surface area contributed by atoms with Crippen LogP contribution in [-0.4, -0.2) is 5.78 Å². The van der Waals surface area contributed by atoms with Crippen LogP contribution in [0.2, 0.25) is 0 Å². The predicted octanol–water partition coefficient (Wildman–Crippen LogP) is 2.65. The fourth-order valence-corrected chi connectivity index (χ4v) is 3.18. The van der Waals surface area contributed by atoms with Crippen molar-refractivity contribution in [1.82, 2.24) is 0 Å². The van der Waals surface area contributed by atoms with Gasteiger partial charge >= 0.3 is 0 Å². The normalized spacial score (nSPS) is 47.7. The molecule has 0 aromatic heterocycles. The van der Waals surface area contributed by atoms with Crippen LogP contribution in [0.15, 0.2) is 0 Å². The van der Waals surface area contributed by atoms with Gasteiger partial charge in [0.25, 0.3) is 0 Å². The zero-order valence-electron chi connectivity index (χ0n) is 8.05. The highest BCUT2D eigenvalue weighted by Gasteiger charge is 2.43. The lowest BCUT2D eigenvalue weighted by molar-refractivity contribution is -0.128. The molecule has 0 radical (unpaired) electrons. The SMILES string of the molecule is C[C@@H]1CC[C@H]2[C@@H]1C(=O)CC[C@@H]2C. The van der Waals surface area contributed by atoms with E-state index in [0.29, 0.717) is 17.6 Å². The number of carbonyl (C=O) groups excluding carboxylic acids is 1. The summed E-state index contributed by atoms with van der Waals surface area (Å²) >= 11 is 0. The Kier molecular flexibility index (Phi) is 1.97. The van der Waals surface area contributed by atoms with Gasteiger partial charge in [-0.1, -0.05) is 13.8 Å². The number of ketones is 1. The largest absolute Gasteiger partial charge is 0.299 e. The van der Waals surface area contributed by atoms with Crippen LogP contribution in [0.1, 0.15) is 39.5 Å². The zero-order chi connectivity index (χ0) is 8.72. The molecule has 2 aliphatic carbocycles. The van der Waals surface area contributed by atoms with E-state index in [2.05, 4.69) is 13.8 Å². The van der Waals surface area contributed by atoms with Gasteiger partial charge < -0.3 is 0 Å². The monoisotopic (exact) mass is 166 g/mol. The number of hydrogen-bond acceptors (Lipinski definition) is 1. The van der Waals surface area contributed by atoms with Crippen molar-refractivity contribution < 1.29 is 4.79 Å². The lowest BCUT2D eigenvalue weighted by Gasteiger charge is -2.31. The second-order valence-electron chi connectivity index (χ2n) is 4.73. The van der Waals surface area contributed by atoms with Crippen LogP contribution < -0.4 is 0 Å². The minimum absolute atomic E-state index is 0.439. The minimum atomic E-state index is 0.439. The first kappa shape index (κ1) is 8.28. The number of Topliss-reactive ketones (excluding diaryl/α,β-unsaturated/α-hetero) is 1. The number of rotatable bonds is 0. The quantitative estimate of drug-likeness (QED) is 0.540. The maximum atomic E-state index is 11.6. The Bertz CT molecular complexity index is 197. The molecule has 0 saturated heterocycles. The molecule has 68 valence electrons. The zero-order valence-corrected chi connectivity index (χ0v) is 8.05. The Hall–Kier alpha value is -0.330. The Morgan fingerprint density at radius 1 is 1.08 bits per heavy atom. The fourth-order valence-electron chi connectivity index (χ4n) is 3.18. The Morgan fingerprint density at radius 3 is 2.50 bits per heavy atom. The molecule has 4 atom stereocenters. The van der Waals surface area contributed by atoms with Gasteiger partial charge in [0.2, 0.25) is 0 Å². The molecule has 0 unspecified atom stereocenters. The molecule has 1 nitrogen and oxygen atoms in total. The van der Waals surface area contributed by atoms with Crippen LogP contribution in [0.4, 0.5) is 0 Å². The molecule has 0 heterocycles. The Balaban J connectivity index is 2.18. The van der Waals surface area contributed by atoms with Gasteiger partial charge in [-0.2, -0.15) is 0 Å². The fraction of sp³-hybridized carbons (Fsp3) is 0.909. The highest BCUT2D eigenvalue weighted by molar-refractivity contribution is 5.82. The van der Waals surface area contributed by atoms with Gasteiger partial charge in [-0.3, -0.25) is 4.79 Å². The third-order valence-corrected chi connectivity index (χ3v) is 3.98. The summed E-state index contributed by atoms with van der Waals surface area (Å²) in [4.78, 5) is 11.6. The van der Waals surface area contributed by atoms with Gasteiger partial charge in [-0.15, -0.1) is 0 Å². The second kappa shape index (κ2) is 2.86. The molecule has 0 N–H and O–H groups in total. The van der Waals surface area contributed by atoms with Crippen LogP contribution >= 0.6 is 0 Å². The summed E-state index contributed by atoms with van der Waals surface area (Å²) in [5.74, 6) is 3.21. The Morgan fingerprint density at radius 2 is 1.83 bits per heavy atom. The van der Waals surface area contributed by atoms with Crippen molar-refractivity contribution in [3.05, 3.63) is 0 Å². The molecule has 0 aliphatic heterocycles. The first-order valence-corrected chi connectivity index (χ1v) is 5.23. The Labute approximate surface area is 74.5 Å². The number of hydrogen-bond donors (Lipinski definition) is 0. The van der Waals surface area contributed by atoms with Crippen LogP contribution in [-0.2, 0) is 4.79 Å². The highest BCUT2D eigenvalue weighted by Crippen LogP contribution is 2.46. The molecule has 0 bridgehead atoms. The first-order chi connectivity index (χ1) is 5.70. The molecule has 2 rings (SSSR count). The van der Waals surface area contributed by atoms with E-state index in [4.69, 9.17) is 0 Å². The molecule has 12 heavy (non-hydrogen) atoms. The summed E-state index contributed by atoms with van der Waals surface area (Å²) in [6.45, 7) is 4.57. The molecule has 1 heteroatoms. The van der Waals surface area contributed by atoms with Crippen molar-refractivity contribution in [3.63, 3.8) is 0 Å². The maximum absolute atomic E-state index is 11.6. The van der Waals surface area contributed by atoms with Crippen LogP contribution in [0.3, 0.4) is 0 Å². The standard InChI is InChI=1S/C11H18O/c1-7-4-6-10(12)11-8(2)3-5-9(7)11/h7-9,11H,3-6H2,1-2H3/t7-,8+,9+,11+/m0/s1. The molecule has 2 fully saturated rings. The van der Waals surface area contributed by atoms with Crippen molar-refractivity contribution >= 4 is 5.78 Å². The van der Waals surface area contributed by atoms with E-state index >= 15 is 0 Å². The summed E-state index contributed by atoms with van der Waals surface area (Å²) < 4.78 is 0. The second-order valence-corrected chi connectivity index (χ2v) is 4.73. The van der Waals surface area contributed by atoms with E-state index in [-0.39, 0.29) is 0 Å². The first-order valence-electron chi connectivity index (χ1n) is 5.23. The third-order valence-electron chi connectivity index (χ3n) is 3.98. The van der Waals surface area contributed by atoms with E-state index in [9.17, 15) is 4.79 Å². The van der Waals surface area contributed by atoms with Crippen molar-refractivity contribution in [2.45, 2.75) is 39.5 Å². The van der Waals surface area contributed by atoms with E-state index < -0.39 is 0 Å². The molecule has 2 aliphatic rings. The van der Waals surface area contributed by atoms with E-state index in [0.717, 1.165) is 24.7 Å². The topological polar surface area (TPSA) is 17.1 Å². The molecule has 0 spiro atoms. The van der Waals surface area contributed by atoms with Crippen molar-refractivity contribution in [1.29, 1.82) is 0 Å². The number of fused-ring (bicyclic) bond motifs is 1. The molecular weight excluding hydrogens is 148 g/mol. The number of carbonyl (C=O) groups is 1. The van der Waals surface area contributed by atoms with Crippen LogP contribution in [0.25, 0.3) is 0 Å². The summed E-state index contributed by atoms with van der Waals surface area (Å²) in [5.41, 5.74) is 0. The summed E-state index contributed by atoms with van der Waals surface area (Å²) in [6, 6.07) is 0. The van der Waals surface area contributed by atoms with Gasteiger partial charge in [-0.25, -0.2) is 0 Å². The molecule has 2 saturated carbocycles. The lowest BCUT2D eigenvalue weighted by atomic mass is 9.72. The predicted molar refractivity (Wildman–Crippen MR) is 48.8 cm³/mol. The van der Waals surface area contributed by atoms with Crippen LogP contribution in [0, 0.1) is 23.7 Å². The lowest BCUT2D eigenvalue weighted by Crippen LogP contribution is -2.32. The van der Waals surface area contributed by atoms with Gasteiger partial charge in [0, 0.05) is 12.3 Å². The summed E-state index contributed by atoms with van der Waals surface area (Å²) in [5, 5.41) is 0. The van der Waals surface area contributed by atoms with Crippen molar-refractivity contribution in [3.8, 4) is 0 Å². The average molecular weight is 166 g/mol. The van der Waals surface area contributed by atoms with Gasteiger partial charge in [0.15, 0.2) is 0 Å². The van der Waals surface area contributed by atoms with Gasteiger partial charge in [-0.05, 0) is 37.0 Å². The molecule has 0 aromatic carbocycles. The average Bonchev–Trinajstić information content (AvgIpc) is 2.42. The van der Waals surface area contributed by atoms with Crippen LogP contribution in [0.5, 0.6) is 0 Å². The maximum Gasteiger partial charge on any atom is 0.136 e. The smallest absolute Gasteiger partial charge is 0.136 e. The minimum Gasteiger partial charge on any atom is -0.299 e. The molecular formula is C11H18O. The third kappa shape index (κ3) is 1.10. The van der Waals surface area contributed by atoms with Gasteiger partial charge in [0.05, 0.1) is 0 Å².